The highest BCUT2D eigenvalue weighted by Crippen LogP contribution is 2.38. The molecular formula is C19H23ClN2O3S. The number of hydrogen-bond acceptors (Lipinski definition) is 5. The van der Waals surface area contributed by atoms with Crippen LogP contribution in [0, 0.1) is 5.41 Å². The average Bonchev–Trinajstić information content (AvgIpc) is 2.97. The number of phenolic OH excluding ortho intramolecular Hbond substituents is 1. The molecule has 0 unspecified atom stereocenters. The summed E-state index contributed by atoms with van der Waals surface area (Å²) in [5, 5.41) is 10.1. The Bertz CT molecular complexity index is 847. The molecule has 0 saturated carbocycles. The fourth-order valence-electron chi connectivity index (χ4n) is 2.24. The van der Waals surface area contributed by atoms with Gasteiger partial charge in [-0.05, 0) is 12.1 Å². The van der Waals surface area contributed by atoms with Crippen molar-refractivity contribution in [2.24, 2.45) is 5.41 Å². The minimum atomic E-state index is -0.603. The molecule has 0 aliphatic rings. The Balaban J connectivity index is 2.51. The maximum absolute atomic E-state index is 12.8. The summed E-state index contributed by atoms with van der Waals surface area (Å²) >= 11 is 7.32. The molecule has 0 spiro atoms. The predicted molar refractivity (Wildman–Crippen MR) is 105 cm³/mol. The lowest BCUT2D eigenvalue weighted by atomic mass is 9.84. The van der Waals surface area contributed by atoms with Gasteiger partial charge in [-0.3, -0.25) is 9.59 Å². The molecule has 0 radical (unpaired) electrons. The Labute approximate surface area is 162 Å². The number of ketones is 1. The zero-order valence-corrected chi connectivity index (χ0v) is 17.3. The first kappa shape index (κ1) is 20.4. The van der Waals surface area contributed by atoms with Crippen molar-refractivity contribution in [1.29, 1.82) is 0 Å². The molecule has 1 N–H and O–H groups in total. The number of thiazole rings is 1. The quantitative estimate of drug-likeness (QED) is 0.575. The number of aromatic nitrogens is 1. The molecule has 1 aromatic carbocycles. The average molecular weight is 395 g/mol. The van der Waals surface area contributed by atoms with Crippen molar-refractivity contribution in [3.8, 4) is 5.75 Å². The van der Waals surface area contributed by atoms with Crippen molar-refractivity contribution in [2.45, 2.75) is 47.0 Å². The molecule has 7 heteroatoms. The van der Waals surface area contributed by atoms with E-state index in [-0.39, 0.29) is 27.6 Å². The van der Waals surface area contributed by atoms with Gasteiger partial charge in [-0.1, -0.05) is 65.0 Å². The summed E-state index contributed by atoms with van der Waals surface area (Å²) in [5.41, 5.74) is -0.296. The zero-order valence-electron chi connectivity index (χ0n) is 15.8. The summed E-state index contributed by atoms with van der Waals surface area (Å²) in [6.07, 6.45) is 0. The largest absolute Gasteiger partial charge is 0.507 e. The second-order valence-electron chi connectivity index (χ2n) is 8.11. The maximum atomic E-state index is 12.8. The van der Waals surface area contributed by atoms with Gasteiger partial charge < -0.3 is 5.11 Å². The number of para-hydroxylation sites is 1. The van der Waals surface area contributed by atoms with E-state index in [1.54, 1.807) is 12.1 Å². The molecule has 0 atom stereocenters. The number of amides is 1. The fourth-order valence-corrected chi connectivity index (χ4v) is 3.81. The Hall–Kier alpha value is -1.92. The summed E-state index contributed by atoms with van der Waals surface area (Å²) in [4.78, 5) is 30.4. The zero-order chi connectivity index (χ0) is 19.9. The van der Waals surface area contributed by atoms with Gasteiger partial charge >= 0.3 is 0 Å². The van der Waals surface area contributed by atoms with Crippen molar-refractivity contribution >= 4 is 39.9 Å². The van der Waals surface area contributed by atoms with Crippen LogP contribution in [-0.4, -0.2) is 21.8 Å². The van der Waals surface area contributed by atoms with Gasteiger partial charge in [-0.25, -0.2) is 4.98 Å². The SMILES string of the molecule is CC(C)(C)C(=O)c1sc(N(Cl)C(=O)c2ccccc2O)nc1C(C)(C)C. The molecule has 26 heavy (non-hydrogen) atoms. The van der Waals surface area contributed by atoms with Crippen molar-refractivity contribution in [2.75, 3.05) is 4.42 Å². The van der Waals surface area contributed by atoms with Crippen LogP contribution in [0.2, 0.25) is 0 Å². The maximum Gasteiger partial charge on any atom is 0.278 e. The van der Waals surface area contributed by atoms with E-state index in [1.165, 1.54) is 12.1 Å². The van der Waals surface area contributed by atoms with Crippen molar-refractivity contribution < 1.29 is 14.7 Å². The normalized spacial score (nSPS) is 12.1. The van der Waals surface area contributed by atoms with E-state index in [0.29, 0.717) is 10.6 Å². The molecule has 1 heterocycles. The number of rotatable bonds is 3. The van der Waals surface area contributed by atoms with Crippen LogP contribution in [0.5, 0.6) is 5.75 Å². The molecule has 1 amide bonds. The van der Waals surface area contributed by atoms with E-state index in [1.807, 2.05) is 41.5 Å². The van der Waals surface area contributed by atoms with E-state index in [0.717, 1.165) is 15.8 Å². The van der Waals surface area contributed by atoms with Crippen LogP contribution in [0.1, 0.15) is 67.3 Å². The third kappa shape index (κ3) is 4.07. The molecule has 0 bridgehead atoms. The van der Waals surface area contributed by atoms with E-state index in [9.17, 15) is 14.7 Å². The van der Waals surface area contributed by atoms with Crippen LogP contribution >= 0.6 is 23.1 Å². The van der Waals surface area contributed by atoms with Crippen LogP contribution in [0.15, 0.2) is 24.3 Å². The highest BCUT2D eigenvalue weighted by molar-refractivity contribution is 7.18. The number of carbonyl (C=O) groups excluding carboxylic acids is 2. The van der Waals surface area contributed by atoms with E-state index in [4.69, 9.17) is 11.8 Å². The Morgan fingerprint density at radius 3 is 2.19 bits per heavy atom. The molecule has 5 nitrogen and oxygen atoms in total. The molecule has 0 saturated heterocycles. The number of benzene rings is 1. The smallest absolute Gasteiger partial charge is 0.278 e. The van der Waals surface area contributed by atoms with Gasteiger partial charge in [-0.2, -0.15) is 4.42 Å². The summed E-state index contributed by atoms with van der Waals surface area (Å²) in [6, 6.07) is 6.14. The lowest BCUT2D eigenvalue weighted by Gasteiger charge is -2.21. The first-order valence-corrected chi connectivity index (χ1v) is 9.34. The fraction of sp³-hybridized carbons (Fsp3) is 0.421. The Morgan fingerprint density at radius 1 is 1.12 bits per heavy atom. The molecule has 0 aliphatic carbocycles. The van der Waals surface area contributed by atoms with Gasteiger partial charge in [0.2, 0.25) is 5.13 Å². The highest BCUT2D eigenvalue weighted by atomic mass is 35.5. The summed E-state index contributed by atoms with van der Waals surface area (Å²) < 4.78 is 0.856. The summed E-state index contributed by atoms with van der Waals surface area (Å²) in [7, 11) is 0. The number of carbonyl (C=O) groups is 2. The molecule has 0 fully saturated rings. The third-order valence-corrected chi connectivity index (χ3v) is 5.15. The van der Waals surface area contributed by atoms with Crippen LogP contribution < -0.4 is 4.42 Å². The number of aromatic hydroxyl groups is 1. The number of Topliss-reactive ketones (excluding diaryl/α,β-unsaturated/α-hetero) is 1. The van der Waals surface area contributed by atoms with E-state index >= 15 is 0 Å². The third-order valence-electron chi connectivity index (χ3n) is 3.69. The first-order valence-electron chi connectivity index (χ1n) is 8.18. The van der Waals surface area contributed by atoms with E-state index < -0.39 is 11.3 Å². The lowest BCUT2D eigenvalue weighted by molar-refractivity contribution is 0.0860. The second-order valence-corrected chi connectivity index (χ2v) is 9.42. The molecule has 0 aliphatic heterocycles. The number of nitrogens with zero attached hydrogens (tertiary/aromatic N) is 2. The number of anilines is 1. The topological polar surface area (TPSA) is 70.5 Å². The monoisotopic (exact) mass is 394 g/mol. The van der Waals surface area contributed by atoms with Crippen LogP contribution in [0.4, 0.5) is 5.13 Å². The minimum absolute atomic E-state index is 0.0498. The lowest BCUT2D eigenvalue weighted by Crippen LogP contribution is -2.24. The molecule has 140 valence electrons. The van der Waals surface area contributed by atoms with Crippen molar-refractivity contribution in [3.63, 3.8) is 0 Å². The van der Waals surface area contributed by atoms with E-state index in [2.05, 4.69) is 4.98 Å². The first-order chi connectivity index (χ1) is 11.8. The van der Waals surface area contributed by atoms with Gasteiger partial charge in [0.05, 0.1) is 16.1 Å². The van der Waals surface area contributed by atoms with Gasteiger partial charge in [0.1, 0.15) is 5.75 Å². The van der Waals surface area contributed by atoms with Crippen molar-refractivity contribution in [1.82, 2.24) is 4.98 Å². The number of hydrogen-bond donors (Lipinski definition) is 1. The number of phenols is 1. The van der Waals surface area contributed by atoms with Gasteiger partial charge in [-0.15, -0.1) is 0 Å². The second kappa shape index (κ2) is 7.00. The van der Waals surface area contributed by atoms with Gasteiger partial charge in [0, 0.05) is 22.6 Å². The predicted octanol–water partition coefficient (Wildman–Crippen LogP) is 5.18. The van der Waals surface area contributed by atoms with Crippen LogP contribution in [-0.2, 0) is 5.41 Å². The number of halogens is 1. The molecule has 2 rings (SSSR count). The Kier molecular flexibility index (Phi) is 5.49. The molecule has 1 aromatic heterocycles. The Morgan fingerprint density at radius 2 is 1.69 bits per heavy atom. The van der Waals surface area contributed by atoms with Crippen LogP contribution in [0.25, 0.3) is 0 Å². The molecular weight excluding hydrogens is 372 g/mol. The van der Waals surface area contributed by atoms with Crippen molar-refractivity contribution in [3.05, 3.63) is 40.4 Å². The van der Waals surface area contributed by atoms with Gasteiger partial charge in [0.15, 0.2) is 5.78 Å². The molecule has 2 aromatic rings. The highest BCUT2D eigenvalue weighted by Gasteiger charge is 2.34. The van der Waals surface area contributed by atoms with Crippen LogP contribution in [0.3, 0.4) is 0 Å². The summed E-state index contributed by atoms with van der Waals surface area (Å²) in [6.45, 7) is 11.4. The minimum Gasteiger partial charge on any atom is -0.507 e. The van der Waals surface area contributed by atoms with Gasteiger partial charge in [0.25, 0.3) is 5.91 Å². The summed E-state index contributed by atoms with van der Waals surface area (Å²) in [5.74, 6) is -0.818. The standard InChI is InChI=1S/C19H23ClN2O3S/c1-18(2,3)14-13(15(24)19(4,5)6)26-17(21-14)22(20)16(25)11-9-7-8-10-12(11)23/h7-10,23H,1-6H3.